The van der Waals surface area contributed by atoms with E-state index in [-0.39, 0.29) is 6.10 Å². The number of hydrogen-bond donors (Lipinski definition) is 0. The smallest absolute Gasteiger partial charge is 0.0815 e. The fraction of sp³-hybridized carbons (Fsp3) is 0.500. The third-order valence-corrected chi connectivity index (χ3v) is 5.77. The van der Waals surface area contributed by atoms with Gasteiger partial charge in [-0.3, -0.25) is 9.88 Å². The van der Waals surface area contributed by atoms with Crippen molar-refractivity contribution in [1.82, 2.24) is 9.88 Å². The largest absolute Gasteiger partial charge is 0.375 e. The number of ether oxygens (including phenoxy) is 2. The van der Waals surface area contributed by atoms with Crippen molar-refractivity contribution in [2.45, 2.75) is 38.5 Å². The average molecular weight is 352 g/mol. The predicted molar refractivity (Wildman–Crippen MR) is 102 cm³/mol. The maximum atomic E-state index is 6.08. The molecule has 0 aliphatic carbocycles. The molecule has 2 fully saturated rings. The lowest BCUT2D eigenvalue weighted by molar-refractivity contribution is 0.00633. The van der Waals surface area contributed by atoms with Crippen LogP contribution in [-0.4, -0.2) is 42.3 Å². The monoisotopic (exact) mass is 352 g/mol. The number of aromatic nitrogens is 1. The van der Waals surface area contributed by atoms with Crippen LogP contribution in [0.25, 0.3) is 0 Å². The van der Waals surface area contributed by atoms with Gasteiger partial charge in [-0.15, -0.1) is 0 Å². The molecule has 26 heavy (non-hydrogen) atoms. The lowest BCUT2D eigenvalue weighted by Crippen LogP contribution is -2.40. The van der Waals surface area contributed by atoms with E-state index in [0.717, 1.165) is 19.6 Å². The highest BCUT2D eigenvalue weighted by molar-refractivity contribution is 5.14. The molecule has 0 amide bonds. The molecule has 1 atom stereocenters. The molecule has 2 saturated heterocycles. The van der Waals surface area contributed by atoms with Crippen molar-refractivity contribution >= 4 is 0 Å². The molecule has 0 saturated carbocycles. The highest BCUT2D eigenvalue weighted by atomic mass is 16.5. The zero-order chi connectivity index (χ0) is 17.7. The third-order valence-electron chi connectivity index (χ3n) is 5.77. The number of piperidine rings is 1. The Hall–Kier alpha value is -1.75. The first-order valence-electron chi connectivity index (χ1n) is 9.66. The minimum Gasteiger partial charge on any atom is -0.375 e. The summed E-state index contributed by atoms with van der Waals surface area (Å²) in [5, 5.41) is 0. The van der Waals surface area contributed by atoms with Crippen LogP contribution < -0.4 is 0 Å². The summed E-state index contributed by atoms with van der Waals surface area (Å²) in [7, 11) is 0. The van der Waals surface area contributed by atoms with Gasteiger partial charge in [0.25, 0.3) is 0 Å². The van der Waals surface area contributed by atoms with E-state index in [0.29, 0.717) is 18.6 Å². The van der Waals surface area contributed by atoms with Gasteiger partial charge < -0.3 is 9.47 Å². The molecule has 4 nitrogen and oxygen atoms in total. The molecule has 0 radical (unpaired) electrons. The summed E-state index contributed by atoms with van der Waals surface area (Å²) in [6, 6.07) is 14.8. The molecule has 1 aromatic carbocycles. The van der Waals surface area contributed by atoms with Gasteiger partial charge in [0.05, 0.1) is 25.9 Å². The van der Waals surface area contributed by atoms with Gasteiger partial charge in [-0.25, -0.2) is 0 Å². The van der Waals surface area contributed by atoms with Gasteiger partial charge >= 0.3 is 0 Å². The minimum atomic E-state index is 0.248. The molecule has 138 valence electrons. The topological polar surface area (TPSA) is 34.6 Å². The Kier molecular flexibility index (Phi) is 5.63. The molecule has 2 aliphatic heterocycles. The van der Waals surface area contributed by atoms with Crippen LogP contribution in [0.2, 0.25) is 0 Å². The number of likely N-dealkylation sites (tertiary alicyclic amines) is 1. The van der Waals surface area contributed by atoms with Gasteiger partial charge in [-0.2, -0.15) is 0 Å². The molecule has 2 aliphatic rings. The van der Waals surface area contributed by atoms with Gasteiger partial charge in [0.2, 0.25) is 0 Å². The highest BCUT2D eigenvalue weighted by Crippen LogP contribution is 2.42. The van der Waals surface area contributed by atoms with E-state index in [9.17, 15) is 0 Å². The minimum absolute atomic E-state index is 0.248. The molecule has 4 rings (SSSR count). The maximum absolute atomic E-state index is 6.08. The summed E-state index contributed by atoms with van der Waals surface area (Å²) < 4.78 is 12.0. The lowest BCUT2D eigenvalue weighted by Gasteiger charge is -2.38. The zero-order valence-electron chi connectivity index (χ0n) is 15.3. The second kappa shape index (κ2) is 8.30. The maximum Gasteiger partial charge on any atom is 0.0815 e. The summed E-state index contributed by atoms with van der Waals surface area (Å²) in [5.41, 5.74) is 2.95. The van der Waals surface area contributed by atoms with Crippen LogP contribution in [-0.2, 0) is 22.6 Å². The highest BCUT2D eigenvalue weighted by Gasteiger charge is 2.42. The van der Waals surface area contributed by atoms with Crippen molar-refractivity contribution in [3.05, 3.63) is 66.0 Å². The lowest BCUT2D eigenvalue weighted by atomic mass is 9.76. The van der Waals surface area contributed by atoms with Crippen molar-refractivity contribution in [1.29, 1.82) is 0 Å². The van der Waals surface area contributed by atoms with Crippen molar-refractivity contribution < 1.29 is 9.47 Å². The van der Waals surface area contributed by atoms with Gasteiger partial charge in [0.1, 0.15) is 0 Å². The Labute approximate surface area is 156 Å². The normalized spacial score (nSPS) is 22.7. The summed E-state index contributed by atoms with van der Waals surface area (Å²) >= 11 is 0. The molecule has 0 unspecified atom stereocenters. The molecule has 3 heterocycles. The number of rotatable bonds is 6. The van der Waals surface area contributed by atoms with Crippen LogP contribution in [0, 0.1) is 5.41 Å². The Bertz CT molecular complexity index is 669. The van der Waals surface area contributed by atoms with Crippen molar-refractivity contribution in [3.63, 3.8) is 0 Å². The first-order valence-corrected chi connectivity index (χ1v) is 9.66. The Morgan fingerprint density at radius 3 is 2.58 bits per heavy atom. The van der Waals surface area contributed by atoms with E-state index in [1.807, 2.05) is 24.5 Å². The molecule has 1 spiro atoms. The van der Waals surface area contributed by atoms with Crippen molar-refractivity contribution in [3.8, 4) is 0 Å². The summed E-state index contributed by atoms with van der Waals surface area (Å²) in [5.74, 6) is 0. The molecule has 0 bridgehead atoms. The van der Waals surface area contributed by atoms with Gasteiger partial charge in [0, 0.05) is 18.9 Å². The van der Waals surface area contributed by atoms with E-state index < -0.39 is 0 Å². The third kappa shape index (κ3) is 4.50. The van der Waals surface area contributed by atoms with Gasteiger partial charge in [-0.1, -0.05) is 30.3 Å². The van der Waals surface area contributed by atoms with Crippen LogP contribution in [0.15, 0.2) is 54.9 Å². The standard InChI is InChI=1S/C22H28N2O2/c1-2-4-19(5-3-1)15-24-12-8-22(9-13-24)14-21(26-18-22)17-25-16-20-6-10-23-11-7-20/h1-7,10-11,21H,8-9,12-18H2/t21-/m1/s1. The Balaban J connectivity index is 1.20. The van der Waals surface area contributed by atoms with Gasteiger partial charge in [-0.05, 0) is 61.0 Å². The van der Waals surface area contributed by atoms with E-state index in [1.165, 1.54) is 37.1 Å². The molecular weight excluding hydrogens is 324 g/mol. The number of pyridine rings is 1. The van der Waals surface area contributed by atoms with Gasteiger partial charge in [0.15, 0.2) is 0 Å². The van der Waals surface area contributed by atoms with E-state index >= 15 is 0 Å². The fourth-order valence-corrected chi connectivity index (χ4v) is 4.17. The summed E-state index contributed by atoms with van der Waals surface area (Å²) in [4.78, 5) is 6.61. The van der Waals surface area contributed by atoms with Crippen LogP contribution in [0.1, 0.15) is 30.4 Å². The van der Waals surface area contributed by atoms with Crippen LogP contribution in [0.3, 0.4) is 0 Å². The Morgan fingerprint density at radius 2 is 1.81 bits per heavy atom. The zero-order valence-corrected chi connectivity index (χ0v) is 15.3. The van der Waals surface area contributed by atoms with Crippen LogP contribution in [0.5, 0.6) is 0 Å². The van der Waals surface area contributed by atoms with E-state index in [1.54, 1.807) is 0 Å². The molecular formula is C22H28N2O2. The number of hydrogen-bond acceptors (Lipinski definition) is 4. The second-order valence-electron chi connectivity index (χ2n) is 7.77. The van der Waals surface area contributed by atoms with Crippen LogP contribution >= 0.6 is 0 Å². The van der Waals surface area contributed by atoms with Crippen molar-refractivity contribution in [2.24, 2.45) is 5.41 Å². The quantitative estimate of drug-likeness (QED) is 0.794. The predicted octanol–water partition coefficient (Wildman–Crippen LogP) is 3.67. The average Bonchev–Trinajstić information content (AvgIpc) is 3.08. The number of benzene rings is 1. The molecule has 1 aromatic heterocycles. The SMILES string of the molecule is c1ccc(CN2CCC3(CC2)CO[C@@H](COCc2ccncc2)C3)cc1. The summed E-state index contributed by atoms with van der Waals surface area (Å²) in [6.07, 6.45) is 7.48. The Morgan fingerprint density at radius 1 is 1.04 bits per heavy atom. The molecule has 2 aromatic rings. The van der Waals surface area contributed by atoms with Crippen LogP contribution in [0.4, 0.5) is 0 Å². The van der Waals surface area contributed by atoms with Crippen molar-refractivity contribution in [2.75, 3.05) is 26.3 Å². The molecule has 4 heteroatoms. The first-order chi connectivity index (χ1) is 12.8. The second-order valence-corrected chi connectivity index (χ2v) is 7.77. The van der Waals surface area contributed by atoms with E-state index in [2.05, 4.69) is 40.2 Å². The molecule has 0 N–H and O–H groups in total. The fourth-order valence-electron chi connectivity index (χ4n) is 4.17. The van der Waals surface area contributed by atoms with E-state index in [4.69, 9.17) is 9.47 Å². The summed E-state index contributed by atoms with van der Waals surface area (Å²) in [6.45, 7) is 5.63. The first kappa shape index (κ1) is 17.7. The number of nitrogens with zero attached hydrogens (tertiary/aromatic N) is 2.